The van der Waals surface area contributed by atoms with Crippen molar-refractivity contribution >= 4 is 0 Å². The molecule has 0 N–H and O–H groups in total. The molecule has 4 rings (SSSR count). The summed E-state index contributed by atoms with van der Waals surface area (Å²) in [6.07, 6.45) is 1.97. The van der Waals surface area contributed by atoms with Gasteiger partial charge < -0.3 is 0 Å². The Balaban J connectivity index is 1.78. The number of rotatable bonds is 3. The maximum atomic E-state index is 4.63. The van der Waals surface area contributed by atoms with Crippen molar-refractivity contribution in [3.8, 4) is 33.5 Å². The van der Waals surface area contributed by atoms with E-state index in [0.29, 0.717) is 0 Å². The molecule has 0 spiro atoms. The highest BCUT2D eigenvalue weighted by molar-refractivity contribution is 5.77. The smallest absolute Gasteiger partial charge is 0.0708 e. The molecule has 0 saturated carbocycles. The molecular formula is C25H21N. The van der Waals surface area contributed by atoms with Crippen LogP contribution in [-0.2, 0) is 0 Å². The largest absolute Gasteiger partial charge is 0.256 e. The van der Waals surface area contributed by atoms with E-state index in [0.717, 1.165) is 11.3 Å². The molecule has 0 amide bonds. The van der Waals surface area contributed by atoms with Gasteiger partial charge in [-0.2, -0.15) is 0 Å². The first-order chi connectivity index (χ1) is 12.7. The van der Waals surface area contributed by atoms with Gasteiger partial charge in [0.2, 0.25) is 0 Å². The van der Waals surface area contributed by atoms with Crippen LogP contribution >= 0.6 is 0 Å². The van der Waals surface area contributed by atoms with Crippen molar-refractivity contribution in [3.05, 3.63) is 102 Å². The van der Waals surface area contributed by atoms with Crippen LogP contribution in [0.5, 0.6) is 0 Å². The molecule has 4 aromatic rings. The third kappa shape index (κ3) is 3.16. The Labute approximate surface area is 155 Å². The number of hydrogen-bond acceptors (Lipinski definition) is 1. The number of hydrogen-bond donors (Lipinski definition) is 0. The molecule has 0 unspecified atom stereocenters. The molecule has 0 radical (unpaired) electrons. The van der Waals surface area contributed by atoms with Gasteiger partial charge in [-0.1, -0.05) is 78.9 Å². The van der Waals surface area contributed by atoms with Gasteiger partial charge in [0.15, 0.2) is 0 Å². The molecule has 126 valence electrons. The fourth-order valence-electron chi connectivity index (χ4n) is 3.36. The zero-order chi connectivity index (χ0) is 17.9. The summed E-state index contributed by atoms with van der Waals surface area (Å²) in [6, 6.07) is 29.8. The molecule has 0 bridgehead atoms. The summed E-state index contributed by atoms with van der Waals surface area (Å²) in [4.78, 5) is 4.63. The van der Waals surface area contributed by atoms with Gasteiger partial charge in [-0.15, -0.1) is 0 Å². The minimum atomic E-state index is 1.01. The van der Waals surface area contributed by atoms with Crippen LogP contribution in [0.25, 0.3) is 33.5 Å². The molecule has 26 heavy (non-hydrogen) atoms. The standard InChI is InChI=1S/C25H21N/c1-18-15-22(20-9-5-3-6-10-20)13-14-23(18)24-16-25(26-17-19(24)2)21-11-7-4-8-12-21/h3-17H,1-2H3. The van der Waals surface area contributed by atoms with Gasteiger partial charge >= 0.3 is 0 Å². The maximum Gasteiger partial charge on any atom is 0.0708 e. The molecule has 0 fully saturated rings. The number of pyridine rings is 1. The number of aryl methyl sites for hydroxylation is 2. The summed E-state index contributed by atoms with van der Waals surface area (Å²) in [5.41, 5.74) is 9.64. The van der Waals surface area contributed by atoms with Crippen LogP contribution in [0, 0.1) is 13.8 Å². The molecule has 1 aromatic heterocycles. The van der Waals surface area contributed by atoms with Crippen LogP contribution in [-0.4, -0.2) is 4.98 Å². The summed E-state index contributed by atoms with van der Waals surface area (Å²) in [5, 5.41) is 0. The highest BCUT2D eigenvalue weighted by atomic mass is 14.7. The van der Waals surface area contributed by atoms with E-state index >= 15 is 0 Å². The first-order valence-electron chi connectivity index (χ1n) is 8.91. The van der Waals surface area contributed by atoms with Crippen LogP contribution in [0.3, 0.4) is 0 Å². The summed E-state index contributed by atoms with van der Waals surface area (Å²) in [5.74, 6) is 0. The van der Waals surface area contributed by atoms with E-state index < -0.39 is 0 Å². The predicted octanol–water partition coefficient (Wildman–Crippen LogP) is 6.70. The van der Waals surface area contributed by atoms with E-state index in [2.05, 4.69) is 97.7 Å². The minimum absolute atomic E-state index is 1.01. The van der Waals surface area contributed by atoms with Crippen molar-refractivity contribution in [2.75, 3.05) is 0 Å². The molecule has 1 nitrogen and oxygen atoms in total. The monoisotopic (exact) mass is 335 g/mol. The van der Waals surface area contributed by atoms with E-state index in [9.17, 15) is 0 Å². The van der Waals surface area contributed by atoms with Gasteiger partial charge in [0.25, 0.3) is 0 Å². The summed E-state index contributed by atoms with van der Waals surface area (Å²) < 4.78 is 0. The van der Waals surface area contributed by atoms with Crippen LogP contribution in [0.2, 0.25) is 0 Å². The third-order valence-electron chi connectivity index (χ3n) is 4.80. The van der Waals surface area contributed by atoms with Gasteiger partial charge in [0.05, 0.1) is 5.69 Å². The van der Waals surface area contributed by atoms with Gasteiger partial charge in [-0.25, -0.2) is 0 Å². The maximum absolute atomic E-state index is 4.63. The van der Waals surface area contributed by atoms with Gasteiger partial charge in [-0.05, 0) is 53.3 Å². The van der Waals surface area contributed by atoms with Gasteiger partial charge in [0, 0.05) is 11.8 Å². The average Bonchev–Trinajstić information content (AvgIpc) is 2.70. The normalized spacial score (nSPS) is 10.7. The predicted molar refractivity (Wildman–Crippen MR) is 110 cm³/mol. The van der Waals surface area contributed by atoms with Crippen molar-refractivity contribution in [1.82, 2.24) is 4.98 Å². The number of nitrogens with zero attached hydrogens (tertiary/aromatic N) is 1. The highest BCUT2D eigenvalue weighted by Gasteiger charge is 2.10. The van der Waals surface area contributed by atoms with Crippen LogP contribution in [0.1, 0.15) is 11.1 Å². The van der Waals surface area contributed by atoms with E-state index in [-0.39, 0.29) is 0 Å². The Hall–Kier alpha value is -3.19. The second-order valence-corrected chi connectivity index (χ2v) is 6.65. The molecule has 0 aliphatic heterocycles. The lowest BCUT2D eigenvalue weighted by Gasteiger charge is -2.13. The first kappa shape index (κ1) is 16.3. The number of benzene rings is 3. The molecule has 0 atom stereocenters. The number of aromatic nitrogens is 1. The Bertz CT molecular complexity index is 1030. The van der Waals surface area contributed by atoms with Crippen LogP contribution < -0.4 is 0 Å². The quantitative estimate of drug-likeness (QED) is 0.406. The lowest BCUT2D eigenvalue weighted by Crippen LogP contribution is -1.92. The Kier molecular flexibility index (Phi) is 4.37. The molecular weight excluding hydrogens is 314 g/mol. The second-order valence-electron chi connectivity index (χ2n) is 6.65. The van der Waals surface area contributed by atoms with E-state index in [4.69, 9.17) is 0 Å². The van der Waals surface area contributed by atoms with Crippen molar-refractivity contribution in [1.29, 1.82) is 0 Å². The van der Waals surface area contributed by atoms with E-state index in [1.54, 1.807) is 0 Å². The van der Waals surface area contributed by atoms with Crippen molar-refractivity contribution in [3.63, 3.8) is 0 Å². The van der Waals surface area contributed by atoms with Crippen LogP contribution in [0.15, 0.2) is 91.1 Å². The second kappa shape index (κ2) is 6.97. The van der Waals surface area contributed by atoms with E-state index in [1.807, 2.05) is 12.3 Å². The molecule has 0 saturated heterocycles. The SMILES string of the molecule is Cc1cc(-c2ccccc2)ccc1-c1cc(-c2ccccc2)ncc1C. The third-order valence-corrected chi connectivity index (χ3v) is 4.80. The fraction of sp³-hybridized carbons (Fsp3) is 0.0800. The summed E-state index contributed by atoms with van der Waals surface area (Å²) in [7, 11) is 0. The van der Waals surface area contributed by atoms with Gasteiger partial charge in [0.1, 0.15) is 0 Å². The van der Waals surface area contributed by atoms with Crippen molar-refractivity contribution in [2.45, 2.75) is 13.8 Å². The zero-order valence-corrected chi connectivity index (χ0v) is 15.1. The topological polar surface area (TPSA) is 12.9 Å². The first-order valence-corrected chi connectivity index (χ1v) is 8.91. The molecule has 3 aromatic carbocycles. The molecule has 1 heterocycles. The Morgan fingerprint density at radius 1 is 0.538 bits per heavy atom. The van der Waals surface area contributed by atoms with Crippen molar-refractivity contribution in [2.24, 2.45) is 0 Å². The summed E-state index contributed by atoms with van der Waals surface area (Å²) >= 11 is 0. The Morgan fingerprint density at radius 3 is 1.85 bits per heavy atom. The highest BCUT2D eigenvalue weighted by Crippen LogP contribution is 2.32. The molecule has 0 aliphatic rings. The van der Waals surface area contributed by atoms with Crippen molar-refractivity contribution < 1.29 is 0 Å². The minimum Gasteiger partial charge on any atom is -0.256 e. The average molecular weight is 335 g/mol. The van der Waals surface area contributed by atoms with Crippen LogP contribution in [0.4, 0.5) is 0 Å². The Morgan fingerprint density at radius 2 is 1.19 bits per heavy atom. The summed E-state index contributed by atoms with van der Waals surface area (Å²) in [6.45, 7) is 4.31. The zero-order valence-electron chi connectivity index (χ0n) is 15.1. The molecule has 0 aliphatic carbocycles. The fourth-order valence-corrected chi connectivity index (χ4v) is 3.36. The molecule has 1 heteroatoms. The lowest BCUT2D eigenvalue weighted by molar-refractivity contribution is 1.26. The van der Waals surface area contributed by atoms with E-state index in [1.165, 1.54) is 33.4 Å². The van der Waals surface area contributed by atoms with Gasteiger partial charge in [-0.3, -0.25) is 4.98 Å². The lowest BCUT2D eigenvalue weighted by atomic mass is 9.93.